The SMILES string of the molecule is COC(=O)c1cc(OC)ccc1C1CCCNC1. The molecule has 4 nitrogen and oxygen atoms in total. The first kappa shape index (κ1) is 12.9. The molecule has 0 bridgehead atoms. The molecule has 1 fully saturated rings. The summed E-state index contributed by atoms with van der Waals surface area (Å²) >= 11 is 0. The van der Waals surface area contributed by atoms with Gasteiger partial charge in [-0.05, 0) is 43.0 Å². The van der Waals surface area contributed by atoms with Crippen molar-refractivity contribution in [2.45, 2.75) is 18.8 Å². The van der Waals surface area contributed by atoms with E-state index in [1.807, 2.05) is 12.1 Å². The molecule has 0 spiro atoms. The van der Waals surface area contributed by atoms with Crippen molar-refractivity contribution < 1.29 is 14.3 Å². The van der Waals surface area contributed by atoms with Crippen molar-refractivity contribution in [2.24, 2.45) is 0 Å². The summed E-state index contributed by atoms with van der Waals surface area (Å²) in [4.78, 5) is 11.8. The largest absolute Gasteiger partial charge is 0.497 e. The van der Waals surface area contributed by atoms with Crippen LogP contribution in [0.2, 0.25) is 0 Å². The van der Waals surface area contributed by atoms with E-state index in [1.54, 1.807) is 13.2 Å². The molecule has 1 aromatic rings. The summed E-state index contributed by atoms with van der Waals surface area (Å²) in [5.74, 6) is 0.760. The Morgan fingerprint density at radius 2 is 2.22 bits per heavy atom. The third-order valence-electron chi connectivity index (χ3n) is 3.40. The first-order valence-electron chi connectivity index (χ1n) is 6.23. The van der Waals surface area contributed by atoms with E-state index in [1.165, 1.54) is 7.11 Å². The molecule has 1 atom stereocenters. The summed E-state index contributed by atoms with van der Waals surface area (Å²) in [6, 6.07) is 5.63. The van der Waals surface area contributed by atoms with Gasteiger partial charge in [-0.3, -0.25) is 0 Å². The first-order valence-corrected chi connectivity index (χ1v) is 6.23. The fourth-order valence-electron chi connectivity index (χ4n) is 2.42. The highest BCUT2D eigenvalue weighted by atomic mass is 16.5. The van der Waals surface area contributed by atoms with Crippen LogP contribution in [0.15, 0.2) is 18.2 Å². The molecular formula is C14H19NO3. The summed E-state index contributed by atoms with van der Waals surface area (Å²) in [6.45, 7) is 1.97. The van der Waals surface area contributed by atoms with Crippen molar-refractivity contribution in [1.29, 1.82) is 0 Å². The zero-order valence-corrected chi connectivity index (χ0v) is 10.9. The Kier molecular flexibility index (Phi) is 4.20. The molecule has 1 unspecified atom stereocenters. The molecule has 1 aliphatic rings. The van der Waals surface area contributed by atoms with Gasteiger partial charge in [0, 0.05) is 6.54 Å². The Morgan fingerprint density at radius 3 is 2.83 bits per heavy atom. The predicted molar refractivity (Wildman–Crippen MR) is 69.2 cm³/mol. The van der Waals surface area contributed by atoms with Crippen molar-refractivity contribution in [2.75, 3.05) is 27.3 Å². The lowest BCUT2D eigenvalue weighted by Gasteiger charge is -2.24. The van der Waals surface area contributed by atoms with Gasteiger partial charge in [-0.2, -0.15) is 0 Å². The second-order valence-electron chi connectivity index (χ2n) is 4.49. The zero-order valence-electron chi connectivity index (χ0n) is 10.9. The number of rotatable bonds is 3. The van der Waals surface area contributed by atoms with E-state index >= 15 is 0 Å². The maximum Gasteiger partial charge on any atom is 0.338 e. The molecule has 0 saturated carbocycles. The highest BCUT2D eigenvalue weighted by molar-refractivity contribution is 5.91. The number of piperidine rings is 1. The Labute approximate surface area is 107 Å². The third-order valence-corrected chi connectivity index (χ3v) is 3.40. The summed E-state index contributed by atoms with van der Waals surface area (Å²) in [7, 11) is 3.00. The lowest BCUT2D eigenvalue weighted by atomic mass is 9.88. The first-order chi connectivity index (χ1) is 8.76. The normalized spacial score (nSPS) is 19.3. The van der Waals surface area contributed by atoms with E-state index in [2.05, 4.69) is 5.32 Å². The zero-order chi connectivity index (χ0) is 13.0. The number of benzene rings is 1. The van der Waals surface area contributed by atoms with Gasteiger partial charge in [0.25, 0.3) is 0 Å². The van der Waals surface area contributed by atoms with Crippen LogP contribution in [0, 0.1) is 0 Å². The lowest BCUT2D eigenvalue weighted by Crippen LogP contribution is -2.29. The highest BCUT2D eigenvalue weighted by Crippen LogP contribution is 2.29. The minimum absolute atomic E-state index is 0.297. The minimum Gasteiger partial charge on any atom is -0.497 e. The number of carbonyl (C=O) groups is 1. The van der Waals surface area contributed by atoms with Crippen LogP contribution >= 0.6 is 0 Å². The predicted octanol–water partition coefficient (Wildman–Crippen LogP) is 1.95. The van der Waals surface area contributed by atoms with Gasteiger partial charge in [0.15, 0.2) is 0 Å². The van der Waals surface area contributed by atoms with Gasteiger partial charge in [-0.1, -0.05) is 6.07 Å². The van der Waals surface area contributed by atoms with Crippen molar-refractivity contribution >= 4 is 5.97 Å². The number of esters is 1. The Morgan fingerprint density at radius 1 is 1.39 bits per heavy atom. The third kappa shape index (κ3) is 2.64. The summed E-state index contributed by atoms with van der Waals surface area (Å²) in [5.41, 5.74) is 1.67. The van der Waals surface area contributed by atoms with Crippen LogP contribution < -0.4 is 10.1 Å². The van der Waals surface area contributed by atoms with Gasteiger partial charge < -0.3 is 14.8 Å². The van der Waals surface area contributed by atoms with Crippen LogP contribution in [0.1, 0.15) is 34.7 Å². The minimum atomic E-state index is -0.297. The lowest BCUT2D eigenvalue weighted by molar-refractivity contribution is 0.0598. The van der Waals surface area contributed by atoms with E-state index in [0.29, 0.717) is 17.2 Å². The molecule has 0 aliphatic carbocycles. The molecule has 1 aliphatic heterocycles. The molecule has 1 N–H and O–H groups in total. The van der Waals surface area contributed by atoms with E-state index in [-0.39, 0.29) is 5.97 Å². The average Bonchev–Trinajstić information content (AvgIpc) is 2.46. The molecule has 1 saturated heterocycles. The molecule has 0 aromatic heterocycles. The van der Waals surface area contributed by atoms with Crippen LogP contribution in [0.3, 0.4) is 0 Å². The molecule has 0 radical (unpaired) electrons. The second-order valence-corrected chi connectivity index (χ2v) is 4.49. The van der Waals surface area contributed by atoms with Crippen molar-refractivity contribution in [1.82, 2.24) is 5.32 Å². The van der Waals surface area contributed by atoms with E-state index < -0.39 is 0 Å². The summed E-state index contributed by atoms with van der Waals surface area (Å²) in [5, 5.41) is 3.36. The Balaban J connectivity index is 2.35. The van der Waals surface area contributed by atoms with Crippen LogP contribution in [-0.4, -0.2) is 33.3 Å². The van der Waals surface area contributed by atoms with Gasteiger partial charge in [0.1, 0.15) is 5.75 Å². The van der Waals surface area contributed by atoms with Crippen molar-refractivity contribution in [3.63, 3.8) is 0 Å². The van der Waals surface area contributed by atoms with Crippen LogP contribution in [0.4, 0.5) is 0 Å². The van der Waals surface area contributed by atoms with Crippen molar-refractivity contribution in [3.8, 4) is 5.75 Å². The summed E-state index contributed by atoms with van der Waals surface area (Å²) in [6.07, 6.45) is 2.24. The second kappa shape index (κ2) is 5.87. The average molecular weight is 249 g/mol. The number of nitrogens with one attached hydrogen (secondary N) is 1. The Bertz CT molecular complexity index is 425. The topological polar surface area (TPSA) is 47.6 Å². The summed E-state index contributed by atoms with van der Waals surface area (Å²) < 4.78 is 10.0. The maximum atomic E-state index is 11.8. The van der Waals surface area contributed by atoms with Gasteiger partial charge in [0.05, 0.1) is 19.8 Å². The number of methoxy groups -OCH3 is 2. The van der Waals surface area contributed by atoms with Crippen LogP contribution in [0.25, 0.3) is 0 Å². The number of hydrogen-bond acceptors (Lipinski definition) is 4. The molecule has 4 heteroatoms. The number of hydrogen-bond donors (Lipinski definition) is 1. The monoisotopic (exact) mass is 249 g/mol. The van der Waals surface area contributed by atoms with E-state index in [0.717, 1.165) is 31.5 Å². The van der Waals surface area contributed by atoms with E-state index in [4.69, 9.17) is 9.47 Å². The van der Waals surface area contributed by atoms with Crippen molar-refractivity contribution in [3.05, 3.63) is 29.3 Å². The molecule has 1 heterocycles. The smallest absolute Gasteiger partial charge is 0.338 e. The number of carbonyl (C=O) groups excluding carboxylic acids is 1. The van der Waals surface area contributed by atoms with E-state index in [9.17, 15) is 4.79 Å². The molecule has 18 heavy (non-hydrogen) atoms. The molecule has 2 rings (SSSR count). The fourth-order valence-corrected chi connectivity index (χ4v) is 2.42. The molecule has 0 amide bonds. The van der Waals surface area contributed by atoms with Gasteiger partial charge in [-0.25, -0.2) is 4.79 Å². The maximum absolute atomic E-state index is 11.8. The Hall–Kier alpha value is -1.55. The van der Waals surface area contributed by atoms with Gasteiger partial charge >= 0.3 is 5.97 Å². The van der Waals surface area contributed by atoms with Crippen LogP contribution in [-0.2, 0) is 4.74 Å². The highest BCUT2D eigenvalue weighted by Gasteiger charge is 2.22. The standard InChI is InChI=1S/C14H19NO3/c1-17-11-5-6-12(10-4-3-7-15-9-10)13(8-11)14(16)18-2/h5-6,8,10,15H,3-4,7,9H2,1-2H3. The van der Waals surface area contributed by atoms with Gasteiger partial charge in [-0.15, -0.1) is 0 Å². The fraction of sp³-hybridized carbons (Fsp3) is 0.500. The van der Waals surface area contributed by atoms with Crippen LogP contribution in [0.5, 0.6) is 5.75 Å². The molecular weight excluding hydrogens is 230 g/mol. The molecule has 98 valence electrons. The molecule has 1 aromatic carbocycles. The number of ether oxygens (including phenoxy) is 2. The quantitative estimate of drug-likeness (QED) is 0.832. The van der Waals surface area contributed by atoms with Gasteiger partial charge in [0.2, 0.25) is 0 Å².